The van der Waals surface area contributed by atoms with Gasteiger partial charge in [0.2, 0.25) is 0 Å². The lowest BCUT2D eigenvalue weighted by Crippen LogP contribution is -2.44. The number of likely N-dealkylation sites (tertiary alicyclic amines) is 1. The summed E-state index contributed by atoms with van der Waals surface area (Å²) in [6.07, 6.45) is 1.76. The molecule has 1 aliphatic heterocycles. The highest BCUT2D eigenvalue weighted by Gasteiger charge is 2.26. The van der Waals surface area contributed by atoms with E-state index in [0.29, 0.717) is 24.3 Å². The first kappa shape index (κ1) is 12.4. The van der Waals surface area contributed by atoms with Crippen LogP contribution in [0.15, 0.2) is 24.3 Å². The van der Waals surface area contributed by atoms with Gasteiger partial charge in [-0.05, 0) is 25.0 Å². The van der Waals surface area contributed by atoms with Crippen LogP contribution in [0.25, 0.3) is 0 Å². The van der Waals surface area contributed by atoms with E-state index in [1.54, 1.807) is 29.2 Å². The molecular formula is C13H18N4O. The Kier molecular flexibility index (Phi) is 3.50. The zero-order chi connectivity index (χ0) is 13.1. The van der Waals surface area contributed by atoms with Gasteiger partial charge >= 0.3 is 0 Å². The van der Waals surface area contributed by atoms with Gasteiger partial charge in [0.25, 0.3) is 5.91 Å². The molecule has 1 aliphatic rings. The molecule has 0 radical (unpaired) electrons. The lowest BCUT2D eigenvalue weighted by molar-refractivity contribution is 0.0703. The Labute approximate surface area is 106 Å². The normalized spacial score (nSPS) is 19.6. The quantitative estimate of drug-likeness (QED) is 0.413. The largest absolute Gasteiger partial charge is 0.398 e. The summed E-state index contributed by atoms with van der Waals surface area (Å²) in [7, 11) is 0. The molecule has 96 valence electrons. The maximum absolute atomic E-state index is 12.3. The third-order valence-electron chi connectivity index (χ3n) is 3.34. The molecule has 18 heavy (non-hydrogen) atoms. The van der Waals surface area contributed by atoms with Gasteiger partial charge in [0.05, 0.1) is 11.4 Å². The van der Waals surface area contributed by atoms with E-state index in [4.69, 9.17) is 16.9 Å². The zero-order valence-electron chi connectivity index (χ0n) is 10.2. The number of anilines is 1. The molecule has 1 aromatic carbocycles. The number of benzene rings is 1. The van der Waals surface area contributed by atoms with Gasteiger partial charge in [0.1, 0.15) is 0 Å². The molecule has 1 heterocycles. The molecule has 1 fully saturated rings. The molecule has 0 spiro atoms. The number of piperidine rings is 1. The second-order valence-corrected chi connectivity index (χ2v) is 4.63. The van der Waals surface area contributed by atoms with Crippen molar-refractivity contribution in [1.82, 2.24) is 4.90 Å². The molecule has 5 nitrogen and oxygen atoms in total. The Balaban J connectivity index is 2.14. The number of nitrogens with one attached hydrogen (secondary N) is 1. The summed E-state index contributed by atoms with van der Waals surface area (Å²) >= 11 is 0. The maximum Gasteiger partial charge on any atom is 0.255 e. The minimum absolute atomic E-state index is 0.0207. The number of carbonyl (C=O) groups is 1. The minimum atomic E-state index is -0.0703. The van der Waals surface area contributed by atoms with E-state index in [9.17, 15) is 4.79 Å². The summed E-state index contributed by atoms with van der Waals surface area (Å²) in [6, 6.07) is 7.06. The molecule has 5 heteroatoms. The van der Waals surface area contributed by atoms with Gasteiger partial charge in [0, 0.05) is 24.7 Å². The highest BCUT2D eigenvalue weighted by molar-refractivity contribution is 5.99. The molecule has 1 saturated heterocycles. The van der Waals surface area contributed by atoms with Crippen molar-refractivity contribution in [2.75, 3.05) is 18.8 Å². The van der Waals surface area contributed by atoms with E-state index in [0.717, 1.165) is 12.8 Å². The molecular weight excluding hydrogens is 228 g/mol. The van der Waals surface area contributed by atoms with Crippen molar-refractivity contribution in [3.05, 3.63) is 29.8 Å². The van der Waals surface area contributed by atoms with Crippen LogP contribution in [0.5, 0.6) is 0 Å². The first-order valence-corrected chi connectivity index (χ1v) is 6.07. The molecule has 0 aromatic heterocycles. The molecule has 5 N–H and O–H groups in total. The number of para-hydroxylation sites is 1. The predicted molar refractivity (Wildman–Crippen MR) is 71.4 cm³/mol. The van der Waals surface area contributed by atoms with Crippen LogP contribution < -0.4 is 11.5 Å². The second-order valence-electron chi connectivity index (χ2n) is 4.63. The van der Waals surface area contributed by atoms with E-state index in [-0.39, 0.29) is 17.7 Å². The minimum Gasteiger partial charge on any atom is -0.398 e. The van der Waals surface area contributed by atoms with Crippen LogP contribution in [0.3, 0.4) is 0 Å². The number of nitrogens with two attached hydrogens (primary N) is 2. The number of rotatable bonds is 2. The van der Waals surface area contributed by atoms with Gasteiger partial charge < -0.3 is 16.4 Å². The van der Waals surface area contributed by atoms with Crippen molar-refractivity contribution in [2.24, 2.45) is 11.7 Å². The molecule has 2 rings (SSSR count). The summed E-state index contributed by atoms with van der Waals surface area (Å²) in [5, 5.41) is 7.48. The molecule has 1 aromatic rings. The summed E-state index contributed by atoms with van der Waals surface area (Å²) < 4.78 is 0. The topological polar surface area (TPSA) is 96.2 Å². The monoisotopic (exact) mass is 246 g/mol. The number of hydrogen-bond donors (Lipinski definition) is 3. The Morgan fingerprint density at radius 2 is 2.11 bits per heavy atom. The number of amidine groups is 1. The fraction of sp³-hybridized carbons (Fsp3) is 0.385. The van der Waals surface area contributed by atoms with Gasteiger partial charge in [-0.1, -0.05) is 12.1 Å². The van der Waals surface area contributed by atoms with Crippen molar-refractivity contribution in [3.8, 4) is 0 Å². The molecule has 0 saturated carbocycles. The standard InChI is InChI=1S/C13H18N4O/c14-11-6-2-1-5-10(11)13(18)17-7-3-4-9(8-17)12(15)16/h1-2,5-6,9H,3-4,7-8,14H2,(H3,15,16)/t9-/m1/s1. The molecule has 0 aliphatic carbocycles. The van der Waals surface area contributed by atoms with Gasteiger partial charge in [-0.3, -0.25) is 10.2 Å². The third-order valence-corrected chi connectivity index (χ3v) is 3.34. The zero-order valence-corrected chi connectivity index (χ0v) is 10.2. The maximum atomic E-state index is 12.3. The number of carbonyl (C=O) groups excluding carboxylic acids is 1. The number of nitrogens with zero attached hydrogens (tertiary/aromatic N) is 1. The molecule has 1 amide bonds. The van der Waals surface area contributed by atoms with Crippen molar-refractivity contribution in [3.63, 3.8) is 0 Å². The smallest absolute Gasteiger partial charge is 0.255 e. The molecule has 0 unspecified atom stereocenters. The van der Waals surface area contributed by atoms with Gasteiger partial charge in [-0.25, -0.2) is 0 Å². The van der Waals surface area contributed by atoms with Crippen LogP contribution >= 0.6 is 0 Å². The first-order chi connectivity index (χ1) is 8.59. The first-order valence-electron chi connectivity index (χ1n) is 6.07. The van der Waals surface area contributed by atoms with E-state index < -0.39 is 0 Å². The highest BCUT2D eigenvalue weighted by Crippen LogP contribution is 2.20. The van der Waals surface area contributed by atoms with Crippen molar-refractivity contribution in [2.45, 2.75) is 12.8 Å². The number of amides is 1. The number of hydrogen-bond acceptors (Lipinski definition) is 3. The van der Waals surface area contributed by atoms with E-state index in [1.165, 1.54) is 0 Å². The van der Waals surface area contributed by atoms with Crippen LogP contribution in [-0.4, -0.2) is 29.7 Å². The Morgan fingerprint density at radius 1 is 1.39 bits per heavy atom. The van der Waals surface area contributed by atoms with Crippen LogP contribution in [0.2, 0.25) is 0 Å². The van der Waals surface area contributed by atoms with Crippen LogP contribution in [0, 0.1) is 11.3 Å². The molecule has 0 bridgehead atoms. The van der Waals surface area contributed by atoms with Gasteiger partial charge in [0.15, 0.2) is 0 Å². The van der Waals surface area contributed by atoms with Crippen LogP contribution in [0.4, 0.5) is 5.69 Å². The van der Waals surface area contributed by atoms with Gasteiger partial charge in [-0.15, -0.1) is 0 Å². The van der Waals surface area contributed by atoms with E-state index in [1.807, 2.05) is 0 Å². The Bertz CT molecular complexity index is 472. The Morgan fingerprint density at radius 3 is 2.78 bits per heavy atom. The van der Waals surface area contributed by atoms with E-state index >= 15 is 0 Å². The van der Waals surface area contributed by atoms with Crippen LogP contribution in [0.1, 0.15) is 23.2 Å². The lowest BCUT2D eigenvalue weighted by atomic mass is 9.96. The van der Waals surface area contributed by atoms with Crippen molar-refractivity contribution < 1.29 is 4.79 Å². The fourth-order valence-electron chi connectivity index (χ4n) is 2.28. The van der Waals surface area contributed by atoms with Crippen molar-refractivity contribution >= 4 is 17.4 Å². The van der Waals surface area contributed by atoms with Gasteiger partial charge in [-0.2, -0.15) is 0 Å². The SMILES string of the molecule is N=C(N)[C@@H]1CCCN(C(=O)c2ccccc2N)C1. The summed E-state index contributed by atoms with van der Waals surface area (Å²) in [6.45, 7) is 1.22. The summed E-state index contributed by atoms with van der Waals surface area (Å²) in [5.74, 6) is 0.0696. The Hall–Kier alpha value is -2.04. The predicted octanol–water partition coefficient (Wildman–Crippen LogP) is 1.06. The lowest BCUT2D eigenvalue weighted by Gasteiger charge is -2.32. The summed E-state index contributed by atoms with van der Waals surface area (Å²) in [4.78, 5) is 14.1. The average molecular weight is 246 g/mol. The van der Waals surface area contributed by atoms with Crippen molar-refractivity contribution in [1.29, 1.82) is 5.41 Å². The second kappa shape index (κ2) is 5.08. The van der Waals surface area contributed by atoms with E-state index in [2.05, 4.69) is 0 Å². The number of nitrogen functional groups attached to an aromatic ring is 1. The summed E-state index contributed by atoms with van der Waals surface area (Å²) in [5.41, 5.74) is 12.3. The average Bonchev–Trinajstić information content (AvgIpc) is 2.38. The third kappa shape index (κ3) is 2.45. The van der Waals surface area contributed by atoms with Crippen LogP contribution in [-0.2, 0) is 0 Å². The fourth-order valence-corrected chi connectivity index (χ4v) is 2.28. The highest BCUT2D eigenvalue weighted by atomic mass is 16.2. The molecule has 1 atom stereocenters.